The largest absolute Gasteiger partial charge is 0.491 e. The predicted octanol–water partition coefficient (Wildman–Crippen LogP) is 2.35. The number of hydrogen-bond acceptors (Lipinski definition) is 3. The molecule has 4 heteroatoms. The van der Waals surface area contributed by atoms with Crippen LogP contribution in [0.3, 0.4) is 0 Å². The first kappa shape index (κ1) is 12.9. The first-order chi connectivity index (χ1) is 9.15. The van der Waals surface area contributed by atoms with Crippen molar-refractivity contribution >= 4 is 0 Å². The number of ether oxygens (including phenoxy) is 1. The summed E-state index contributed by atoms with van der Waals surface area (Å²) in [5, 5.41) is 10.5. The minimum Gasteiger partial charge on any atom is -0.491 e. The molecule has 1 fully saturated rings. The zero-order chi connectivity index (χ0) is 13.4. The minimum atomic E-state index is -0.659. The van der Waals surface area contributed by atoms with Crippen molar-refractivity contribution < 1.29 is 14.2 Å². The van der Waals surface area contributed by atoms with E-state index in [1.165, 1.54) is 12.1 Å². The van der Waals surface area contributed by atoms with Crippen molar-refractivity contribution in [1.29, 1.82) is 0 Å². The van der Waals surface area contributed by atoms with E-state index < -0.39 is 6.10 Å². The number of aliphatic hydroxyl groups excluding tert-OH is 1. The van der Waals surface area contributed by atoms with E-state index in [1.54, 1.807) is 6.07 Å². The van der Waals surface area contributed by atoms with Gasteiger partial charge in [0, 0.05) is 5.56 Å². The van der Waals surface area contributed by atoms with Crippen LogP contribution in [0.25, 0.3) is 0 Å². The third-order valence-corrected chi connectivity index (χ3v) is 4.35. The van der Waals surface area contributed by atoms with E-state index in [1.807, 2.05) is 0 Å². The molecular formula is C15H20FNO2. The molecule has 0 amide bonds. The van der Waals surface area contributed by atoms with Gasteiger partial charge in [-0.1, -0.05) is 6.92 Å². The summed E-state index contributed by atoms with van der Waals surface area (Å²) >= 11 is 0. The first-order valence-corrected chi connectivity index (χ1v) is 6.99. The van der Waals surface area contributed by atoms with Gasteiger partial charge >= 0.3 is 0 Å². The molecule has 0 saturated carbocycles. The maximum absolute atomic E-state index is 13.3. The van der Waals surface area contributed by atoms with E-state index in [4.69, 9.17) is 4.74 Å². The van der Waals surface area contributed by atoms with Crippen LogP contribution in [-0.4, -0.2) is 35.7 Å². The lowest BCUT2D eigenvalue weighted by molar-refractivity contribution is -0.00992. The molecule has 19 heavy (non-hydrogen) atoms. The maximum atomic E-state index is 13.3. The normalized spacial score (nSPS) is 28.8. The molecule has 2 aliphatic heterocycles. The molecule has 0 bridgehead atoms. The highest BCUT2D eigenvalue weighted by Gasteiger charge is 2.35. The van der Waals surface area contributed by atoms with Crippen LogP contribution < -0.4 is 4.74 Å². The maximum Gasteiger partial charge on any atom is 0.125 e. The summed E-state index contributed by atoms with van der Waals surface area (Å²) < 4.78 is 19.0. The van der Waals surface area contributed by atoms with Crippen LogP contribution in [0.5, 0.6) is 5.75 Å². The van der Waals surface area contributed by atoms with Gasteiger partial charge in [-0.25, -0.2) is 4.39 Å². The smallest absolute Gasteiger partial charge is 0.125 e. The number of fused-ring (bicyclic) bond motifs is 1. The molecule has 2 heterocycles. The summed E-state index contributed by atoms with van der Waals surface area (Å²) in [5.41, 5.74) is 0.579. The summed E-state index contributed by atoms with van der Waals surface area (Å²) in [7, 11) is 0. The fourth-order valence-electron chi connectivity index (χ4n) is 3.02. The number of rotatable bonds is 1. The molecule has 1 aromatic carbocycles. The number of aliphatic hydroxyl groups is 1. The van der Waals surface area contributed by atoms with Gasteiger partial charge in [0.05, 0.1) is 6.04 Å². The second-order valence-corrected chi connectivity index (χ2v) is 5.72. The van der Waals surface area contributed by atoms with Crippen molar-refractivity contribution in [3.63, 3.8) is 0 Å². The molecule has 3 nitrogen and oxygen atoms in total. The highest BCUT2D eigenvalue weighted by Crippen LogP contribution is 2.35. The summed E-state index contributed by atoms with van der Waals surface area (Å²) in [6.07, 6.45) is 1.64. The molecule has 0 spiro atoms. The third kappa shape index (κ3) is 2.47. The molecule has 0 radical (unpaired) electrons. The van der Waals surface area contributed by atoms with Gasteiger partial charge in [-0.05, 0) is 50.0 Å². The van der Waals surface area contributed by atoms with E-state index in [0.29, 0.717) is 17.9 Å². The van der Waals surface area contributed by atoms with Gasteiger partial charge in [-0.15, -0.1) is 0 Å². The van der Waals surface area contributed by atoms with E-state index in [0.717, 1.165) is 31.8 Å². The SMILES string of the molecule is CC1CCN(C2COc3ccc(F)cc3C2O)CC1. The second kappa shape index (κ2) is 5.10. The van der Waals surface area contributed by atoms with Crippen LogP contribution in [0.2, 0.25) is 0 Å². The Labute approximate surface area is 113 Å². The van der Waals surface area contributed by atoms with Gasteiger partial charge in [0.15, 0.2) is 0 Å². The number of likely N-dealkylation sites (tertiary alicyclic amines) is 1. The van der Waals surface area contributed by atoms with Gasteiger partial charge in [0.1, 0.15) is 24.3 Å². The van der Waals surface area contributed by atoms with Crippen molar-refractivity contribution in [2.24, 2.45) is 5.92 Å². The topological polar surface area (TPSA) is 32.7 Å². The number of hydrogen-bond donors (Lipinski definition) is 1. The quantitative estimate of drug-likeness (QED) is 0.846. The zero-order valence-electron chi connectivity index (χ0n) is 11.2. The lowest BCUT2D eigenvalue weighted by Crippen LogP contribution is -2.49. The standard InChI is InChI=1S/C15H20FNO2/c1-10-4-6-17(7-5-10)13-9-19-14-3-2-11(16)8-12(14)15(13)18/h2-3,8,10,13,15,18H,4-7,9H2,1H3. The van der Waals surface area contributed by atoms with Crippen LogP contribution in [0.1, 0.15) is 31.4 Å². The highest BCUT2D eigenvalue weighted by molar-refractivity contribution is 5.38. The van der Waals surface area contributed by atoms with E-state index in [9.17, 15) is 9.50 Å². The van der Waals surface area contributed by atoms with Crippen LogP contribution >= 0.6 is 0 Å². The summed E-state index contributed by atoms with van der Waals surface area (Å²) in [5.74, 6) is 1.03. The Morgan fingerprint density at radius 2 is 2.05 bits per heavy atom. The molecule has 1 saturated heterocycles. The number of piperidine rings is 1. The Hall–Kier alpha value is -1.13. The van der Waals surface area contributed by atoms with Gasteiger partial charge in [0.2, 0.25) is 0 Å². The van der Waals surface area contributed by atoms with Gasteiger partial charge in [-0.2, -0.15) is 0 Å². The molecule has 2 aliphatic rings. The lowest BCUT2D eigenvalue weighted by Gasteiger charge is -2.41. The average molecular weight is 265 g/mol. The molecule has 1 aromatic rings. The molecule has 0 aromatic heterocycles. The fraction of sp³-hybridized carbons (Fsp3) is 0.600. The number of nitrogens with zero attached hydrogens (tertiary/aromatic N) is 1. The molecule has 0 aliphatic carbocycles. The Kier molecular flexibility index (Phi) is 3.46. The monoisotopic (exact) mass is 265 g/mol. The molecule has 1 N–H and O–H groups in total. The number of halogens is 1. The van der Waals surface area contributed by atoms with Crippen molar-refractivity contribution in [2.45, 2.75) is 31.9 Å². The molecule has 104 valence electrons. The van der Waals surface area contributed by atoms with E-state index >= 15 is 0 Å². The third-order valence-electron chi connectivity index (χ3n) is 4.35. The minimum absolute atomic E-state index is 0.0539. The molecule has 2 unspecified atom stereocenters. The Bertz CT molecular complexity index is 457. The zero-order valence-corrected chi connectivity index (χ0v) is 11.2. The fourth-order valence-corrected chi connectivity index (χ4v) is 3.02. The average Bonchev–Trinajstić information content (AvgIpc) is 2.41. The van der Waals surface area contributed by atoms with Crippen molar-refractivity contribution in [3.8, 4) is 5.75 Å². The van der Waals surface area contributed by atoms with Crippen LogP contribution in [0, 0.1) is 11.7 Å². The first-order valence-electron chi connectivity index (χ1n) is 6.99. The van der Waals surface area contributed by atoms with Crippen molar-refractivity contribution in [2.75, 3.05) is 19.7 Å². The summed E-state index contributed by atoms with van der Waals surface area (Å²) in [6, 6.07) is 4.30. The van der Waals surface area contributed by atoms with Crippen LogP contribution in [-0.2, 0) is 0 Å². The van der Waals surface area contributed by atoms with E-state index in [-0.39, 0.29) is 11.9 Å². The van der Waals surface area contributed by atoms with Crippen molar-refractivity contribution in [1.82, 2.24) is 4.90 Å². The molecule has 3 rings (SSSR count). The van der Waals surface area contributed by atoms with Gasteiger partial charge in [0.25, 0.3) is 0 Å². The van der Waals surface area contributed by atoms with Crippen LogP contribution in [0.15, 0.2) is 18.2 Å². The summed E-state index contributed by atoms with van der Waals surface area (Å²) in [6.45, 7) is 4.71. The van der Waals surface area contributed by atoms with Crippen LogP contribution in [0.4, 0.5) is 4.39 Å². The van der Waals surface area contributed by atoms with E-state index in [2.05, 4.69) is 11.8 Å². The lowest BCUT2D eigenvalue weighted by atomic mass is 9.93. The Balaban J connectivity index is 1.79. The summed E-state index contributed by atoms with van der Waals surface area (Å²) in [4.78, 5) is 2.28. The highest BCUT2D eigenvalue weighted by atomic mass is 19.1. The molecule has 2 atom stereocenters. The predicted molar refractivity (Wildman–Crippen MR) is 70.6 cm³/mol. The van der Waals surface area contributed by atoms with Gasteiger partial charge < -0.3 is 9.84 Å². The van der Waals surface area contributed by atoms with Crippen molar-refractivity contribution in [3.05, 3.63) is 29.6 Å². The number of benzene rings is 1. The second-order valence-electron chi connectivity index (χ2n) is 5.72. The van der Waals surface area contributed by atoms with Gasteiger partial charge in [-0.3, -0.25) is 4.90 Å². The molecular weight excluding hydrogens is 245 g/mol. The Morgan fingerprint density at radius 1 is 1.32 bits per heavy atom. The Morgan fingerprint density at radius 3 is 2.79 bits per heavy atom.